The molecule has 0 saturated heterocycles. The van der Waals surface area contributed by atoms with E-state index in [1.54, 1.807) is 5.84 Å². The standard InChI is InChI=1S/C6H16N2O5/c7-8-3(1-9)5(12)6(13)4(11)2-10/h3-6,8-13H,1-2,7H2/t3-,4-,5+,6+/m1/s1/i/hD. The van der Waals surface area contributed by atoms with Gasteiger partial charge in [-0.15, -0.1) is 0 Å². The zero-order valence-corrected chi connectivity index (χ0v) is 6.96. The van der Waals surface area contributed by atoms with E-state index in [2.05, 4.69) is 5.43 Å². The van der Waals surface area contributed by atoms with Crippen molar-refractivity contribution in [3.63, 3.8) is 0 Å². The Morgan fingerprint density at radius 2 is 1.77 bits per heavy atom. The average Bonchev–Trinajstić information content (AvgIpc) is 2.22. The van der Waals surface area contributed by atoms with E-state index in [1.807, 2.05) is 0 Å². The van der Waals surface area contributed by atoms with E-state index < -0.39 is 37.6 Å². The van der Waals surface area contributed by atoms with E-state index in [9.17, 15) is 10.2 Å². The Labute approximate surface area is 76.9 Å². The van der Waals surface area contributed by atoms with Crippen molar-refractivity contribution in [3.8, 4) is 0 Å². The molecule has 0 saturated carbocycles. The van der Waals surface area contributed by atoms with Gasteiger partial charge in [-0.2, -0.15) is 0 Å². The molecule has 0 aromatic rings. The lowest BCUT2D eigenvalue weighted by Gasteiger charge is -2.26. The highest BCUT2D eigenvalue weighted by atomic mass is 16.4. The molecule has 8 N–H and O–H groups in total. The molecule has 13 heavy (non-hydrogen) atoms. The third-order valence-electron chi connectivity index (χ3n) is 1.73. The predicted octanol–water partition coefficient (Wildman–Crippen LogP) is -4.11. The molecule has 0 amide bonds. The molecular weight excluding hydrogens is 180 g/mol. The van der Waals surface area contributed by atoms with Crippen LogP contribution in [0.2, 0.25) is 1.41 Å². The monoisotopic (exact) mass is 197 g/mol. The van der Waals surface area contributed by atoms with Crippen molar-refractivity contribution in [2.45, 2.75) is 24.4 Å². The summed E-state index contributed by atoms with van der Waals surface area (Å²) in [6, 6.07) is -1.01. The molecule has 7 heteroatoms. The predicted molar refractivity (Wildman–Crippen MR) is 43.3 cm³/mol. The quantitative estimate of drug-likeness (QED) is 0.162. The Balaban J connectivity index is 4.17. The number of nitrogens with two attached hydrogens (primary N) is 1. The Morgan fingerprint density at radius 1 is 1.15 bits per heavy atom. The first-order chi connectivity index (χ1) is 6.58. The van der Waals surface area contributed by atoms with E-state index in [1.165, 1.54) is 0 Å². The summed E-state index contributed by atoms with van der Waals surface area (Å²) in [5.74, 6) is 1.74. The van der Waals surface area contributed by atoms with E-state index in [4.69, 9.17) is 16.7 Å². The first-order valence-electron chi connectivity index (χ1n) is 4.26. The summed E-state index contributed by atoms with van der Waals surface area (Å²) in [6.45, 7) is -1.24. The van der Waals surface area contributed by atoms with Crippen molar-refractivity contribution in [3.05, 3.63) is 0 Å². The molecule has 0 aliphatic heterocycles. The van der Waals surface area contributed by atoms with Crippen LogP contribution in [-0.4, -0.2) is 63.1 Å². The SMILES string of the molecule is [2H]NN[C@H](CO)[C@H](O)[C@@H](O)[C@H](O)CO. The molecule has 0 heterocycles. The topological polar surface area (TPSA) is 139 Å². The molecule has 7 nitrogen and oxygen atoms in total. The van der Waals surface area contributed by atoms with Crippen molar-refractivity contribution in [2.75, 3.05) is 13.2 Å². The van der Waals surface area contributed by atoms with E-state index in [0.29, 0.717) is 0 Å². The second-order valence-electron chi connectivity index (χ2n) is 2.66. The lowest BCUT2D eigenvalue weighted by molar-refractivity contribution is -0.0916. The molecule has 0 bridgehead atoms. The fourth-order valence-electron chi connectivity index (χ4n) is 0.813. The van der Waals surface area contributed by atoms with E-state index in [-0.39, 0.29) is 0 Å². The zero-order valence-electron chi connectivity index (χ0n) is 7.96. The summed E-state index contributed by atoms with van der Waals surface area (Å²) in [5.41, 5.74) is 2.16. The molecule has 0 spiro atoms. The van der Waals surface area contributed by atoms with Gasteiger partial charge in [-0.3, -0.25) is 11.3 Å². The van der Waals surface area contributed by atoms with Gasteiger partial charge in [0.25, 0.3) is 0 Å². The van der Waals surface area contributed by atoms with Crippen molar-refractivity contribution in [1.29, 1.82) is 0 Å². The largest absolute Gasteiger partial charge is 0.395 e. The van der Waals surface area contributed by atoms with Gasteiger partial charge >= 0.3 is 0 Å². The van der Waals surface area contributed by atoms with Crippen LogP contribution in [-0.2, 0) is 0 Å². The van der Waals surface area contributed by atoms with Crippen LogP contribution >= 0.6 is 0 Å². The minimum Gasteiger partial charge on any atom is -0.395 e. The number of aliphatic hydroxyl groups is 5. The van der Waals surface area contributed by atoms with Crippen LogP contribution < -0.4 is 11.3 Å². The second kappa shape index (κ2) is 6.22. The summed E-state index contributed by atoms with van der Waals surface area (Å²) in [6.07, 6.45) is -4.59. The third kappa shape index (κ3) is 3.53. The summed E-state index contributed by atoms with van der Waals surface area (Å²) in [4.78, 5) is 0. The van der Waals surface area contributed by atoms with Crippen LogP contribution in [0.1, 0.15) is 0 Å². The molecular formula is C6H16N2O5. The molecule has 0 radical (unpaired) electrons. The maximum absolute atomic E-state index is 9.34. The van der Waals surface area contributed by atoms with Gasteiger partial charge in [0.05, 0.1) is 19.3 Å². The molecule has 80 valence electrons. The molecule has 4 atom stereocenters. The van der Waals surface area contributed by atoms with Gasteiger partial charge in [0.2, 0.25) is 0 Å². The van der Waals surface area contributed by atoms with Crippen molar-refractivity contribution >= 4 is 0 Å². The van der Waals surface area contributed by atoms with Gasteiger partial charge in [0, 0.05) is 0 Å². The normalized spacial score (nSPS) is 21.8. The van der Waals surface area contributed by atoms with Gasteiger partial charge in [0.15, 0.2) is 0 Å². The highest BCUT2D eigenvalue weighted by Crippen LogP contribution is 2.03. The number of hydrazine groups is 1. The molecule has 0 fully saturated rings. The van der Waals surface area contributed by atoms with Crippen molar-refractivity contribution in [1.82, 2.24) is 5.43 Å². The first-order valence-corrected chi connectivity index (χ1v) is 3.76. The van der Waals surface area contributed by atoms with Gasteiger partial charge < -0.3 is 25.5 Å². The fourth-order valence-corrected chi connectivity index (χ4v) is 0.813. The van der Waals surface area contributed by atoms with Crippen LogP contribution in [0.4, 0.5) is 0 Å². The zero-order chi connectivity index (χ0) is 11.1. The Bertz CT molecular complexity index is 150. The maximum atomic E-state index is 9.34. The van der Waals surface area contributed by atoms with Gasteiger partial charge in [0.1, 0.15) is 19.7 Å². The van der Waals surface area contributed by atoms with Gasteiger partial charge in [-0.25, -0.2) is 0 Å². The minimum atomic E-state index is -1.60. The second-order valence-corrected chi connectivity index (χ2v) is 2.66. The highest BCUT2D eigenvalue weighted by Gasteiger charge is 2.29. The van der Waals surface area contributed by atoms with Crippen molar-refractivity contribution in [2.24, 2.45) is 5.84 Å². The summed E-state index contributed by atoms with van der Waals surface area (Å²) >= 11 is 0. The Hall–Kier alpha value is -0.280. The number of hydrogen-bond acceptors (Lipinski definition) is 7. The molecule has 0 aliphatic carbocycles. The van der Waals surface area contributed by atoms with Gasteiger partial charge in [-0.05, 0) is 0 Å². The number of rotatable bonds is 7. The van der Waals surface area contributed by atoms with E-state index in [0.717, 1.165) is 0 Å². The van der Waals surface area contributed by atoms with Crippen LogP contribution in [0.15, 0.2) is 0 Å². The number of hydrogen-bond donors (Lipinski definition) is 7. The average molecular weight is 197 g/mol. The van der Waals surface area contributed by atoms with Crippen LogP contribution in [0.25, 0.3) is 0 Å². The van der Waals surface area contributed by atoms with Crippen LogP contribution in [0.3, 0.4) is 0 Å². The fraction of sp³-hybridized carbons (Fsp3) is 1.00. The number of aliphatic hydroxyl groups excluding tert-OH is 5. The number of nitrogens with one attached hydrogen (secondary N) is 1. The Morgan fingerprint density at radius 3 is 2.15 bits per heavy atom. The smallest absolute Gasteiger partial charge is 0.137 e. The Kier molecular flexibility index (Phi) is 5.16. The highest BCUT2D eigenvalue weighted by molar-refractivity contribution is 4.83. The summed E-state index contributed by atoms with van der Waals surface area (Å²) in [5, 5.41) is 44.7. The first kappa shape index (κ1) is 10.8. The summed E-state index contributed by atoms with van der Waals surface area (Å²) < 4.78 is 6.55. The van der Waals surface area contributed by atoms with Gasteiger partial charge in [-0.1, -0.05) is 0 Å². The maximum Gasteiger partial charge on any atom is 0.137 e. The van der Waals surface area contributed by atoms with Crippen LogP contribution in [0, 0.1) is 0 Å². The molecule has 0 aromatic heterocycles. The molecule has 0 aromatic carbocycles. The molecule has 0 rings (SSSR count). The molecule has 0 unspecified atom stereocenters. The lowest BCUT2D eigenvalue weighted by atomic mass is 10.0. The third-order valence-corrected chi connectivity index (χ3v) is 1.73. The van der Waals surface area contributed by atoms with Crippen molar-refractivity contribution < 1.29 is 26.9 Å². The summed E-state index contributed by atoms with van der Waals surface area (Å²) in [7, 11) is 0. The van der Waals surface area contributed by atoms with E-state index >= 15 is 0 Å². The van der Waals surface area contributed by atoms with Crippen LogP contribution in [0.5, 0.6) is 0 Å². The minimum absolute atomic E-state index is 0.539. The molecule has 0 aliphatic rings. The lowest BCUT2D eigenvalue weighted by Crippen LogP contribution is -2.54.